The SMILES string of the molecule is C=CC(=O)OCCN(CC)c1ccc(/N=N/c2nc3sc(/N=N/c4ccc(C(=O)OCCCC)c(O)c4)cc3s2)cc1. The second-order valence-corrected chi connectivity index (χ2v) is 10.8. The van der Waals surface area contributed by atoms with Crippen LogP contribution >= 0.6 is 22.7 Å². The van der Waals surface area contributed by atoms with Crippen LogP contribution in [0.15, 0.2) is 81.6 Å². The van der Waals surface area contributed by atoms with Gasteiger partial charge >= 0.3 is 11.9 Å². The van der Waals surface area contributed by atoms with E-state index >= 15 is 0 Å². The number of azo groups is 2. The van der Waals surface area contributed by atoms with Crippen LogP contribution in [0.2, 0.25) is 0 Å². The van der Waals surface area contributed by atoms with Crippen LogP contribution in [0.5, 0.6) is 5.75 Å². The third-order valence-electron chi connectivity index (χ3n) is 5.88. The molecule has 42 heavy (non-hydrogen) atoms. The zero-order chi connectivity index (χ0) is 29.9. The van der Waals surface area contributed by atoms with Gasteiger partial charge in [0.15, 0.2) is 0 Å². The van der Waals surface area contributed by atoms with Gasteiger partial charge in [0.2, 0.25) is 5.13 Å². The topological polar surface area (TPSA) is 138 Å². The van der Waals surface area contributed by atoms with Crippen molar-refractivity contribution in [2.24, 2.45) is 20.5 Å². The maximum absolute atomic E-state index is 12.1. The second kappa shape index (κ2) is 14.9. The van der Waals surface area contributed by atoms with Gasteiger partial charge in [-0.2, -0.15) is 0 Å². The van der Waals surface area contributed by atoms with E-state index in [-0.39, 0.29) is 17.9 Å². The van der Waals surface area contributed by atoms with E-state index in [0.29, 0.717) is 34.7 Å². The first-order chi connectivity index (χ1) is 20.4. The fraction of sp³-hybridized carbons (Fsp3) is 0.276. The van der Waals surface area contributed by atoms with Gasteiger partial charge in [-0.25, -0.2) is 14.6 Å². The van der Waals surface area contributed by atoms with E-state index in [1.165, 1.54) is 34.8 Å². The summed E-state index contributed by atoms with van der Waals surface area (Å²) in [4.78, 5) is 30.7. The van der Waals surface area contributed by atoms with Crippen molar-refractivity contribution in [3.05, 3.63) is 66.7 Å². The molecule has 0 saturated heterocycles. The monoisotopic (exact) mass is 606 g/mol. The summed E-state index contributed by atoms with van der Waals surface area (Å²) in [6, 6.07) is 13.9. The molecule has 2 heterocycles. The highest BCUT2D eigenvalue weighted by molar-refractivity contribution is 7.30. The molecule has 4 rings (SSSR count). The molecule has 0 atom stereocenters. The first-order valence-electron chi connectivity index (χ1n) is 13.3. The number of carbonyl (C=O) groups is 2. The molecular weight excluding hydrogens is 576 g/mol. The maximum atomic E-state index is 12.1. The average Bonchev–Trinajstić information content (AvgIpc) is 3.56. The molecule has 11 nitrogen and oxygen atoms in total. The molecule has 0 spiro atoms. The zero-order valence-electron chi connectivity index (χ0n) is 23.2. The Morgan fingerprint density at radius 2 is 1.74 bits per heavy atom. The summed E-state index contributed by atoms with van der Waals surface area (Å²) in [5.41, 5.74) is 2.17. The van der Waals surface area contributed by atoms with E-state index in [0.717, 1.165) is 40.7 Å². The van der Waals surface area contributed by atoms with E-state index in [1.54, 1.807) is 6.07 Å². The number of benzene rings is 2. The lowest BCUT2D eigenvalue weighted by Gasteiger charge is -2.22. The Balaban J connectivity index is 1.34. The lowest BCUT2D eigenvalue weighted by molar-refractivity contribution is -0.137. The fourth-order valence-corrected chi connectivity index (χ4v) is 5.52. The van der Waals surface area contributed by atoms with Crippen molar-refractivity contribution in [1.29, 1.82) is 0 Å². The summed E-state index contributed by atoms with van der Waals surface area (Å²) in [5.74, 6) is -1.21. The van der Waals surface area contributed by atoms with Crippen LogP contribution in [-0.2, 0) is 14.3 Å². The van der Waals surface area contributed by atoms with Gasteiger partial charge in [-0.1, -0.05) is 42.6 Å². The minimum atomic E-state index is -0.567. The zero-order valence-corrected chi connectivity index (χ0v) is 24.9. The van der Waals surface area contributed by atoms with Gasteiger partial charge in [0.05, 0.1) is 29.2 Å². The number of rotatable bonds is 14. The molecular formula is C29H30N6O5S2. The highest BCUT2D eigenvalue weighted by Crippen LogP contribution is 2.39. The van der Waals surface area contributed by atoms with Crippen LogP contribution < -0.4 is 4.90 Å². The van der Waals surface area contributed by atoms with Crippen molar-refractivity contribution < 1.29 is 24.2 Å². The van der Waals surface area contributed by atoms with E-state index in [9.17, 15) is 14.7 Å². The molecule has 0 radical (unpaired) electrons. The normalized spacial score (nSPS) is 11.4. The van der Waals surface area contributed by atoms with E-state index in [1.807, 2.05) is 44.2 Å². The minimum absolute atomic E-state index is 0.0928. The van der Waals surface area contributed by atoms with E-state index < -0.39 is 11.9 Å². The van der Waals surface area contributed by atoms with Gasteiger partial charge in [-0.05, 0) is 55.8 Å². The molecule has 13 heteroatoms. The van der Waals surface area contributed by atoms with Crippen molar-refractivity contribution in [2.45, 2.75) is 26.7 Å². The van der Waals surface area contributed by atoms with Crippen LogP contribution in [-0.4, -0.2) is 48.3 Å². The number of likely N-dealkylation sites (N-methyl/N-ethyl adjacent to an activating group) is 1. The molecule has 0 aliphatic heterocycles. The van der Waals surface area contributed by atoms with Crippen molar-refractivity contribution in [2.75, 3.05) is 31.2 Å². The summed E-state index contributed by atoms with van der Waals surface area (Å²) in [5, 5.41) is 28.4. The number of thiophene rings is 1. The number of aromatic nitrogens is 1. The Hall–Kier alpha value is -4.49. The second-order valence-electron chi connectivity index (χ2n) is 8.81. The van der Waals surface area contributed by atoms with Gasteiger partial charge in [-0.15, -0.1) is 20.5 Å². The predicted molar refractivity (Wildman–Crippen MR) is 165 cm³/mol. The Labute approximate surface area is 250 Å². The molecule has 0 saturated carbocycles. The van der Waals surface area contributed by atoms with Crippen molar-refractivity contribution in [3.8, 4) is 5.75 Å². The number of nitrogens with zero attached hydrogens (tertiary/aromatic N) is 6. The first-order valence-corrected chi connectivity index (χ1v) is 14.9. The highest BCUT2D eigenvalue weighted by atomic mass is 32.1. The number of hydrogen-bond donors (Lipinski definition) is 1. The van der Waals surface area contributed by atoms with Crippen LogP contribution in [0.25, 0.3) is 9.53 Å². The molecule has 0 bridgehead atoms. The Bertz CT molecular complexity index is 1560. The van der Waals surface area contributed by atoms with Gasteiger partial charge in [0.25, 0.3) is 0 Å². The van der Waals surface area contributed by atoms with Crippen molar-refractivity contribution >= 4 is 71.3 Å². The number of unbranched alkanes of at least 4 members (excludes halogenated alkanes) is 1. The Morgan fingerprint density at radius 3 is 2.43 bits per heavy atom. The first kappa shape index (κ1) is 30.5. The van der Waals surface area contributed by atoms with Gasteiger partial charge < -0.3 is 19.5 Å². The number of ether oxygens (including phenoxy) is 2. The fourth-order valence-electron chi connectivity index (χ4n) is 3.67. The molecule has 2 aromatic carbocycles. The third-order valence-corrected chi connectivity index (χ3v) is 7.81. The molecule has 0 unspecified atom stereocenters. The smallest absolute Gasteiger partial charge is 0.341 e. The highest BCUT2D eigenvalue weighted by Gasteiger charge is 2.13. The number of aromatic hydroxyl groups is 1. The molecule has 1 N–H and O–H groups in total. The molecule has 2 aromatic heterocycles. The van der Waals surface area contributed by atoms with Gasteiger partial charge in [0.1, 0.15) is 27.8 Å². The number of esters is 2. The lowest BCUT2D eigenvalue weighted by atomic mass is 10.2. The third kappa shape index (κ3) is 8.27. The minimum Gasteiger partial charge on any atom is -0.507 e. The molecule has 0 aliphatic rings. The summed E-state index contributed by atoms with van der Waals surface area (Å²) >= 11 is 2.75. The van der Waals surface area contributed by atoms with E-state index in [2.05, 4.69) is 36.9 Å². The van der Waals surface area contributed by atoms with Crippen LogP contribution in [0.1, 0.15) is 37.0 Å². The standard InChI is InChI=1S/C29H30N6O5S2/c1-4-7-15-40-28(38)22-13-10-20(17-23(22)36)32-33-25-18-24-27(42-25)30-29(41-24)34-31-19-8-11-21(12-9-19)35(6-3)14-16-39-26(37)5-2/h5,8-13,17-18,36H,2,4,6-7,14-16H2,1,3H3/b33-32+,34-31+. The summed E-state index contributed by atoms with van der Waals surface area (Å²) in [6.07, 6.45) is 2.83. The van der Waals surface area contributed by atoms with Crippen LogP contribution in [0.3, 0.4) is 0 Å². The number of phenols is 1. The van der Waals surface area contributed by atoms with Gasteiger partial charge in [0, 0.05) is 24.4 Å². The number of thiazole rings is 1. The molecule has 0 aliphatic carbocycles. The molecule has 0 amide bonds. The number of phenolic OH excluding ortho intramolecular Hbond substituents is 1. The Kier molecular flexibility index (Phi) is 10.8. The van der Waals surface area contributed by atoms with E-state index in [4.69, 9.17) is 9.47 Å². The van der Waals surface area contributed by atoms with Gasteiger partial charge in [-0.3, -0.25) is 0 Å². The number of hydrogen-bond acceptors (Lipinski definition) is 13. The van der Waals surface area contributed by atoms with Crippen molar-refractivity contribution in [1.82, 2.24) is 4.98 Å². The predicted octanol–water partition coefficient (Wildman–Crippen LogP) is 8.41. The van der Waals surface area contributed by atoms with Crippen LogP contribution in [0.4, 0.5) is 27.2 Å². The number of anilines is 1. The summed E-state index contributed by atoms with van der Waals surface area (Å²) in [6.45, 7) is 9.34. The quantitative estimate of drug-likeness (QED) is 0.0658. The largest absolute Gasteiger partial charge is 0.507 e. The molecule has 0 fully saturated rings. The molecule has 218 valence electrons. The van der Waals surface area contributed by atoms with Crippen molar-refractivity contribution in [3.63, 3.8) is 0 Å². The summed E-state index contributed by atoms with van der Waals surface area (Å²) < 4.78 is 11.1. The molecule has 4 aromatic rings. The van der Waals surface area contributed by atoms with Crippen LogP contribution in [0, 0.1) is 0 Å². The maximum Gasteiger partial charge on any atom is 0.341 e. The average molecular weight is 607 g/mol. The lowest BCUT2D eigenvalue weighted by Crippen LogP contribution is -2.27. The number of carbonyl (C=O) groups excluding carboxylic acids is 2. The number of fused-ring (bicyclic) bond motifs is 1. The summed E-state index contributed by atoms with van der Waals surface area (Å²) in [7, 11) is 0. The Morgan fingerprint density at radius 1 is 0.976 bits per heavy atom.